The van der Waals surface area contributed by atoms with Gasteiger partial charge in [0.1, 0.15) is 5.75 Å². The van der Waals surface area contributed by atoms with Crippen molar-refractivity contribution in [3.8, 4) is 5.75 Å². The Hall–Kier alpha value is -0.488. The molecule has 0 heterocycles. The molecule has 0 aliphatic heterocycles. The first kappa shape index (κ1) is 10.6. The third kappa shape index (κ3) is 4.33. The Morgan fingerprint density at radius 1 is 1.15 bits per heavy atom. The molecule has 0 aromatic heterocycles. The van der Waals surface area contributed by atoms with Gasteiger partial charge in [-0.15, -0.1) is 0 Å². The van der Waals surface area contributed by atoms with Crippen molar-refractivity contribution >= 4 is 14.5 Å². The Kier molecular flexibility index (Phi) is 4.31. The summed E-state index contributed by atoms with van der Waals surface area (Å²) in [5, 5.41) is 0. The zero-order valence-corrected chi connectivity index (χ0v) is 9.51. The summed E-state index contributed by atoms with van der Waals surface area (Å²) >= 11 is -0.995. The Labute approximate surface area is 84.2 Å². The molecular formula is C10H15AlO2. The minimum Gasteiger partial charge on any atom is -0.469 e. The van der Waals surface area contributed by atoms with E-state index in [1.807, 2.05) is 37.3 Å². The molecule has 0 saturated carbocycles. The number of benzene rings is 1. The second-order valence-electron chi connectivity index (χ2n) is 3.18. The average Bonchev–Trinajstić information content (AvgIpc) is 2.04. The molecule has 0 radical (unpaired) electrons. The third-order valence-electron chi connectivity index (χ3n) is 1.51. The molecule has 1 aromatic rings. The maximum Gasteiger partial charge on any atom is 0.457 e. The highest BCUT2D eigenvalue weighted by atomic mass is 27.2. The minimum absolute atomic E-state index is 0.130. The summed E-state index contributed by atoms with van der Waals surface area (Å²) < 4.78 is 11.1. The zero-order valence-electron chi connectivity index (χ0n) is 8.36. The SMILES string of the molecule is CC(Oc1ccccc1)[O][Al]([CH3])[CH3]. The smallest absolute Gasteiger partial charge is 0.457 e. The lowest BCUT2D eigenvalue weighted by Crippen LogP contribution is -2.22. The fourth-order valence-corrected chi connectivity index (χ4v) is 1.92. The maximum absolute atomic E-state index is 5.57. The molecule has 1 rings (SSSR count). The van der Waals surface area contributed by atoms with Crippen LogP contribution in [0.25, 0.3) is 0 Å². The first-order valence-corrected chi connectivity index (χ1v) is 7.33. The van der Waals surface area contributed by atoms with E-state index in [-0.39, 0.29) is 6.29 Å². The molecule has 2 nitrogen and oxygen atoms in total. The van der Waals surface area contributed by atoms with Crippen molar-refractivity contribution in [2.24, 2.45) is 0 Å². The maximum atomic E-state index is 5.57. The van der Waals surface area contributed by atoms with Gasteiger partial charge in [-0.1, -0.05) is 29.8 Å². The van der Waals surface area contributed by atoms with E-state index in [0.717, 1.165) is 5.75 Å². The zero-order chi connectivity index (χ0) is 9.68. The summed E-state index contributed by atoms with van der Waals surface area (Å²) in [7, 11) is 0. The van der Waals surface area contributed by atoms with Gasteiger partial charge < -0.3 is 8.53 Å². The van der Waals surface area contributed by atoms with Crippen LogP contribution in [0.1, 0.15) is 6.92 Å². The van der Waals surface area contributed by atoms with E-state index in [0.29, 0.717) is 0 Å². The molecule has 0 spiro atoms. The van der Waals surface area contributed by atoms with Gasteiger partial charge in [-0.3, -0.25) is 0 Å². The highest BCUT2D eigenvalue weighted by Crippen LogP contribution is 2.11. The molecule has 13 heavy (non-hydrogen) atoms. The van der Waals surface area contributed by atoms with E-state index in [1.54, 1.807) is 0 Å². The van der Waals surface area contributed by atoms with Crippen LogP contribution in [0.2, 0.25) is 11.6 Å². The van der Waals surface area contributed by atoms with Gasteiger partial charge in [-0.25, -0.2) is 0 Å². The van der Waals surface area contributed by atoms with Gasteiger partial charge in [0, 0.05) is 0 Å². The molecule has 0 aliphatic carbocycles. The normalized spacial score (nSPS) is 12.2. The van der Waals surface area contributed by atoms with Gasteiger partial charge in [0.25, 0.3) is 0 Å². The predicted molar refractivity (Wildman–Crippen MR) is 55.1 cm³/mol. The molecule has 0 bridgehead atoms. The van der Waals surface area contributed by atoms with Gasteiger partial charge in [0.15, 0.2) is 6.29 Å². The number of hydrogen-bond donors (Lipinski definition) is 0. The van der Waals surface area contributed by atoms with Crippen molar-refractivity contribution in [2.45, 2.75) is 24.8 Å². The highest BCUT2D eigenvalue weighted by Gasteiger charge is 2.10. The Morgan fingerprint density at radius 3 is 2.31 bits per heavy atom. The fraction of sp³-hybridized carbons (Fsp3) is 0.400. The molecule has 0 N–H and O–H groups in total. The van der Waals surface area contributed by atoms with E-state index in [4.69, 9.17) is 8.53 Å². The molecule has 70 valence electrons. The monoisotopic (exact) mass is 194 g/mol. The summed E-state index contributed by atoms with van der Waals surface area (Å²) in [6.45, 7) is 1.93. The topological polar surface area (TPSA) is 18.5 Å². The van der Waals surface area contributed by atoms with E-state index in [2.05, 4.69) is 11.6 Å². The highest BCUT2D eigenvalue weighted by molar-refractivity contribution is 6.48. The first-order valence-electron chi connectivity index (χ1n) is 4.55. The van der Waals surface area contributed by atoms with Gasteiger partial charge in [-0.2, -0.15) is 0 Å². The Morgan fingerprint density at radius 2 is 1.77 bits per heavy atom. The van der Waals surface area contributed by atoms with Crippen LogP contribution < -0.4 is 4.74 Å². The molecule has 3 heteroatoms. The number of hydrogen-bond acceptors (Lipinski definition) is 2. The van der Waals surface area contributed by atoms with Gasteiger partial charge in [0.2, 0.25) is 0 Å². The molecule has 1 aromatic carbocycles. The van der Waals surface area contributed by atoms with E-state index in [1.165, 1.54) is 0 Å². The lowest BCUT2D eigenvalue weighted by molar-refractivity contribution is 0.0211. The Balaban J connectivity index is 2.41. The van der Waals surface area contributed by atoms with Crippen LogP contribution in [0.5, 0.6) is 5.75 Å². The van der Waals surface area contributed by atoms with Gasteiger partial charge in [-0.05, 0) is 19.1 Å². The fourth-order valence-electron chi connectivity index (χ4n) is 1.10. The molecule has 0 fully saturated rings. The van der Waals surface area contributed by atoms with Crippen LogP contribution >= 0.6 is 0 Å². The summed E-state index contributed by atoms with van der Waals surface area (Å²) in [5.41, 5.74) is 0. The lowest BCUT2D eigenvalue weighted by Gasteiger charge is -2.17. The van der Waals surface area contributed by atoms with Crippen molar-refractivity contribution in [3.63, 3.8) is 0 Å². The van der Waals surface area contributed by atoms with Crippen LogP contribution in [0.3, 0.4) is 0 Å². The van der Waals surface area contributed by atoms with Crippen molar-refractivity contribution in [3.05, 3.63) is 30.3 Å². The summed E-state index contributed by atoms with van der Waals surface area (Å²) in [6.07, 6.45) is -0.130. The van der Waals surface area contributed by atoms with Crippen LogP contribution in [0.4, 0.5) is 0 Å². The average molecular weight is 194 g/mol. The van der Waals surface area contributed by atoms with Crippen molar-refractivity contribution in [1.82, 2.24) is 0 Å². The standard InChI is InChI=1S/C8H9O2.2CH3.Al/c1-7(9)10-8-5-3-2-4-6-8;;;/h2-7H,1H3;2*1H3;/q-1;;;+1. The largest absolute Gasteiger partial charge is 0.469 e. The summed E-state index contributed by atoms with van der Waals surface area (Å²) in [5.74, 6) is 5.13. The molecule has 0 amide bonds. The van der Waals surface area contributed by atoms with Crippen LogP contribution in [-0.4, -0.2) is 20.8 Å². The number of rotatable bonds is 4. The van der Waals surface area contributed by atoms with E-state index in [9.17, 15) is 0 Å². The quantitative estimate of drug-likeness (QED) is 0.542. The van der Waals surface area contributed by atoms with Crippen LogP contribution in [-0.2, 0) is 3.79 Å². The third-order valence-corrected chi connectivity index (χ3v) is 2.44. The first-order chi connectivity index (χ1) is 6.18. The number of para-hydroxylation sites is 1. The van der Waals surface area contributed by atoms with Crippen LogP contribution in [0.15, 0.2) is 30.3 Å². The molecular weight excluding hydrogens is 179 g/mol. The Bertz CT molecular complexity index is 236. The molecule has 1 atom stereocenters. The predicted octanol–water partition coefficient (Wildman–Crippen LogP) is 2.68. The van der Waals surface area contributed by atoms with E-state index >= 15 is 0 Å². The van der Waals surface area contributed by atoms with Gasteiger partial charge in [0.05, 0.1) is 0 Å². The van der Waals surface area contributed by atoms with Crippen molar-refractivity contribution in [1.29, 1.82) is 0 Å². The van der Waals surface area contributed by atoms with Crippen molar-refractivity contribution < 1.29 is 8.53 Å². The molecule has 0 saturated heterocycles. The summed E-state index contributed by atoms with van der Waals surface area (Å²) in [4.78, 5) is 0. The number of ether oxygens (including phenoxy) is 1. The molecule has 1 unspecified atom stereocenters. The minimum atomic E-state index is -0.995. The van der Waals surface area contributed by atoms with Gasteiger partial charge >= 0.3 is 14.5 Å². The van der Waals surface area contributed by atoms with Crippen molar-refractivity contribution in [2.75, 3.05) is 0 Å². The second-order valence-corrected chi connectivity index (χ2v) is 5.55. The summed E-state index contributed by atoms with van der Waals surface area (Å²) in [6, 6.07) is 9.74. The van der Waals surface area contributed by atoms with Crippen LogP contribution in [0, 0.1) is 0 Å². The second kappa shape index (κ2) is 5.29. The van der Waals surface area contributed by atoms with E-state index < -0.39 is 14.5 Å². The molecule has 0 aliphatic rings. The lowest BCUT2D eigenvalue weighted by atomic mass is 10.3.